The molecule has 0 rings (SSSR count). The number of ether oxygens (including phenoxy) is 1. The minimum atomic E-state index is -1.27. The van der Waals surface area contributed by atoms with Crippen molar-refractivity contribution in [1.82, 2.24) is 0 Å². The second-order valence-corrected chi connectivity index (χ2v) is 11.6. The number of ketones is 4. The zero-order valence-corrected chi connectivity index (χ0v) is 33.0. The van der Waals surface area contributed by atoms with Gasteiger partial charge in [0.2, 0.25) is 0 Å². The molecule has 0 aliphatic carbocycles. The van der Waals surface area contributed by atoms with Crippen LogP contribution in [0.15, 0.2) is 0 Å². The van der Waals surface area contributed by atoms with Crippen molar-refractivity contribution in [1.29, 1.82) is 0 Å². The number of rotatable bonds is 21. The molecule has 0 aromatic rings. The molecule has 13 heteroatoms. The van der Waals surface area contributed by atoms with E-state index in [1.165, 1.54) is 6.92 Å². The summed E-state index contributed by atoms with van der Waals surface area (Å²) in [7, 11) is 0. The molecule has 0 aromatic heterocycles. The normalized spacial score (nSPS) is 10.6. The molecular formula is C36H61AlO12. The Morgan fingerprint density at radius 3 is 0.755 bits per heavy atom. The van der Waals surface area contributed by atoms with Crippen molar-refractivity contribution < 1.29 is 58.4 Å². The third-order valence-corrected chi connectivity index (χ3v) is 9.48. The Labute approximate surface area is 304 Å². The Kier molecular flexibility index (Phi) is 33.9. The van der Waals surface area contributed by atoms with E-state index in [0.29, 0.717) is 64.4 Å². The molecule has 0 amide bonds. The van der Waals surface area contributed by atoms with Gasteiger partial charge < -0.3 is 34.4 Å². The summed E-state index contributed by atoms with van der Waals surface area (Å²) in [6.45, 7) is 20.7. The van der Waals surface area contributed by atoms with Gasteiger partial charge in [-0.25, -0.2) is 0 Å². The Hall–Kier alpha value is -2.91. The monoisotopic (exact) mass is 712 g/mol. The molecular weight excluding hydrogens is 651 g/mol. The number of esters is 1. The van der Waals surface area contributed by atoms with E-state index in [-0.39, 0.29) is 46.9 Å². The topological polar surface area (TPSA) is 215 Å². The first kappa shape index (κ1) is 55.5. The molecule has 0 radical (unpaired) electrons. The Bertz CT molecular complexity index is 894. The standard InChI is InChI=1S/3C10H18O3.C6H10O3.Al/c3*1-4-10(5-2,6-3)8(11)7-9(12)13;1-3-9-6(8)4-5(2)7;/h3*4-7H2,1-3H3,(H,12,13);3-4H2,1-2H3;/q;;;;+3/p-3. The van der Waals surface area contributed by atoms with Gasteiger partial charge in [0.15, 0.2) is 0 Å². The average Bonchev–Trinajstić information content (AvgIpc) is 3.00. The fourth-order valence-electron chi connectivity index (χ4n) is 5.40. The van der Waals surface area contributed by atoms with Crippen LogP contribution in [-0.4, -0.2) is 71.0 Å². The SMILES string of the molecule is CCC(CC)(CC)C(=O)CC(=O)[O-].CCC(CC)(CC)C(=O)CC(=O)[O-].CCC(CC)(CC)C(=O)CC(=O)[O-].CCOC(=O)CC(C)=O.[Al+3]. The number of carboxylic acid groups (broad SMARTS) is 3. The number of hydrogen-bond donors (Lipinski definition) is 0. The van der Waals surface area contributed by atoms with Crippen LogP contribution in [0.4, 0.5) is 0 Å². The predicted molar refractivity (Wildman–Crippen MR) is 181 cm³/mol. The molecule has 280 valence electrons. The number of carbonyl (C=O) groups excluding carboxylic acids is 8. The zero-order chi connectivity index (χ0) is 38.7. The van der Waals surface area contributed by atoms with Crippen molar-refractivity contribution in [3.05, 3.63) is 0 Å². The fraction of sp³-hybridized carbons (Fsp3) is 0.778. The molecule has 0 aliphatic heterocycles. The molecule has 0 aliphatic rings. The number of hydrogen-bond acceptors (Lipinski definition) is 12. The first-order valence-electron chi connectivity index (χ1n) is 17.1. The molecule has 0 atom stereocenters. The van der Waals surface area contributed by atoms with Crippen molar-refractivity contribution in [3.63, 3.8) is 0 Å². The molecule has 0 N–H and O–H groups in total. The van der Waals surface area contributed by atoms with Gasteiger partial charge in [-0.05, 0) is 71.6 Å². The van der Waals surface area contributed by atoms with Crippen molar-refractivity contribution >= 4 is 64.4 Å². The number of Topliss-reactive ketones (excluding diaryl/α,β-unsaturated/α-hetero) is 4. The van der Waals surface area contributed by atoms with E-state index in [2.05, 4.69) is 4.74 Å². The molecule has 0 heterocycles. The van der Waals surface area contributed by atoms with Crippen molar-refractivity contribution in [3.8, 4) is 0 Å². The summed E-state index contributed by atoms with van der Waals surface area (Å²) in [6, 6.07) is 0. The number of carboxylic acids is 3. The van der Waals surface area contributed by atoms with Gasteiger partial charge in [0.05, 0.1) is 6.61 Å². The quantitative estimate of drug-likeness (QED) is 0.0954. The maximum Gasteiger partial charge on any atom is 3.00 e. The third kappa shape index (κ3) is 22.4. The van der Waals surface area contributed by atoms with Crippen LogP contribution in [0.5, 0.6) is 0 Å². The minimum absolute atomic E-state index is 0. The first-order valence-corrected chi connectivity index (χ1v) is 17.1. The second kappa shape index (κ2) is 30.0. The van der Waals surface area contributed by atoms with Crippen LogP contribution < -0.4 is 15.3 Å². The predicted octanol–water partition coefficient (Wildman–Crippen LogP) is 2.88. The summed E-state index contributed by atoms with van der Waals surface area (Å²) in [6.07, 6.45) is 4.85. The van der Waals surface area contributed by atoms with Gasteiger partial charge in [-0.3, -0.25) is 24.0 Å². The average molecular weight is 713 g/mol. The molecule has 12 nitrogen and oxygen atoms in total. The summed E-state index contributed by atoms with van der Waals surface area (Å²) in [4.78, 5) is 86.1. The van der Waals surface area contributed by atoms with E-state index in [4.69, 9.17) is 0 Å². The van der Waals surface area contributed by atoms with Gasteiger partial charge in [-0.15, -0.1) is 0 Å². The van der Waals surface area contributed by atoms with Crippen LogP contribution in [0.25, 0.3) is 0 Å². The fourth-order valence-corrected chi connectivity index (χ4v) is 5.40. The van der Waals surface area contributed by atoms with Crippen molar-refractivity contribution in [2.45, 2.75) is 160 Å². The number of carbonyl (C=O) groups is 8. The van der Waals surface area contributed by atoms with Gasteiger partial charge in [0.25, 0.3) is 0 Å². The van der Waals surface area contributed by atoms with Crippen LogP contribution in [0.1, 0.15) is 160 Å². The maximum absolute atomic E-state index is 11.5. The van der Waals surface area contributed by atoms with Gasteiger partial charge in [0.1, 0.15) is 29.6 Å². The van der Waals surface area contributed by atoms with E-state index in [1.54, 1.807) is 6.92 Å². The van der Waals surface area contributed by atoms with Crippen molar-refractivity contribution in [2.24, 2.45) is 16.2 Å². The smallest absolute Gasteiger partial charge is 0.550 e. The molecule has 0 aromatic carbocycles. The first-order chi connectivity index (χ1) is 22.2. The summed E-state index contributed by atoms with van der Waals surface area (Å²) in [5.74, 6) is -5.00. The van der Waals surface area contributed by atoms with E-state index < -0.39 is 59.4 Å². The van der Waals surface area contributed by atoms with Crippen LogP contribution >= 0.6 is 0 Å². The van der Waals surface area contributed by atoms with Gasteiger partial charge in [0, 0.05) is 53.4 Å². The van der Waals surface area contributed by atoms with E-state index in [9.17, 15) is 53.7 Å². The van der Waals surface area contributed by atoms with E-state index in [1.807, 2.05) is 62.3 Å². The van der Waals surface area contributed by atoms with E-state index in [0.717, 1.165) is 0 Å². The zero-order valence-electron chi connectivity index (χ0n) is 31.9. The molecule has 0 saturated carbocycles. The second-order valence-electron chi connectivity index (χ2n) is 11.6. The van der Waals surface area contributed by atoms with Gasteiger partial charge >= 0.3 is 23.3 Å². The third-order valence-electron chi connectivity index (χ3n) is 9.48. The summed E-state index contributed by atoms with van der Waals surface area (Å²) >= 11 is 0. The Balaban J connectivity index is -0.000000176. The molecule has 0 fully saturated rings. The van der Waals surface area contributed by atoms with Gasteiger partial charge in [-0.2, -0.15) is 0 Å². The molecule has 49 heavy (non-hydrogen) atoms. The van der Waals surface area contributed by atoms with Crippen molar-refractivity contribution in [2.75, 3.05) is 6.61 Å². The Morgan fingerprint density at radius 2 is 0.633 bits per heavy atom. The van der Waals surface area contributed by atoms with Gasteiger partial charge in [-0.1, -0.05) is 62.3 Å². The summed E-state index contributed by atoms with van der Waals surface area (Å²) < 4.78 is 4.49. The van der Waals surface area contributed by atoms with Crippen LogP contribution in [-0.2, 0) is 43.1 Å². The molecule has 0 saturated heterocycles. The number of aliphatic carboxylic acids is 3. The minimum Gasteiger partial charge on any atom is -0.550 e. The summed E-state index contributed by atoms with van der Waals surface area (Å²) in [5.41, 5.74) is -1.33. The van der Waals surface area contributed by atoms with Crippen LogP contribution in [0.2, 0.25) is 0 Å². The van der Waals surface area contributed by atoms with Crippen LogP contribution in [0.3, 0.4) is 0 Å². The van der Waals surface area contributed by atoms with Crippen LogP contribution in [0, 0.1) is 16.2 Å². The van der Waals surface area contributed by atoms with E-state index >= 15 is 0 Å². The summed E-state index contributed by atoms with van der Waals surface area (Å²) in [5, 5.41) is 30.8. The largest absolute Gasteiger partial charge is 3.00 e. The molecule has 0 unspecified atom stereocenters. The molecule has 0 bridgehead atoms. The molecule has 0 spiro atoms. The maximum atomic E-state index is 11.5. The Morgan fingerprint density at radius 1 is 0.429 bits per heavy atom.